The van der Waals surface area contributed by atoms with Gasteiger partial charge < -0.3 is 10.1 Å². The number of methoxy groups -OCH3 is 1. The van der Waals surface area contributed by atoms with Crippen LogP contribution in [0.1, 0.15) is 38.5 Å². The normalized spacial score (nSPS) is 14.5. The lowest BCUT2D eigenvalue weighted by Gasteiger charge is -2.22. The molecule has 1 amide bonds. The molecule has 2 rings (SSSR count). The van der Waals surface area contributed by atoms with Crippen LogP contribution in [0.4, 0.5) is 5.69 Å². The second-order valence-electron chi connectivity index (χ2n) is 6.52. The predicted octanol–water partition coefficient (Wildman–Crippen LogP) is 2.86. The van der Waals surface area contributed by atoms with Gasteiger partial charge in [-0.2, -0.15) is 0 Å². The minimum absolute atomic E-state index is 0.0420. The fourth-order valence-corrected chi connectivity index (χ4v) is 3.95. The second-order valence-corrected chi connectivity index (χ2v) is 8.43. The summed E-state index contributed by atoms with van der Waals surface area (Å²) in [5.74, 6) is 0.623. The summed E-state index contributed by atoms with van der Waals surface area (Å²) >= 11 is 0. The van der Waals surface area contributed by atoms with E-state index < -0.39 is 10.0 Å². The molecule has 0 saturated carbocycles. The van der Waals surface area contributed by atoms with Crippen molar-refractivity contribution in [3.05, 3.63) is 35.9 Å². The Bertz CT molecular complexity index is 726. The summed E-state index contributed by atoms with van der Waals surface area (Å²) in [7, 11) is -1.85. The molecule has 0 heterocycles. The molecule has 1 aromatic carbocycles. The number of nitrogens with zero attached hydrogens (tertiary/aromatic N) is 1. The SMILES string of the molecule is COc1ccc(N(CCCC(=O)NCC2=CCCCC2)S(C)(=O)=O)cc1. The van der Waals surface area contributed by atoms with E-state index in [4.69, 9.17) is 4.74 Å². The quantitative estimate of drug-likeness (QED) is 0.669. The van der Waals surface area contributed by atoms with Gasteiger partial charge in [0.1, 0.15) is 5.75 Å². The minimum Gasteiger partial charge on any atom is -0.497 e. The molecule has 26 heavy (non-hydrogen) atoms. The van der Waals surface area contributed by atoms with Crippen LogP contribution < -0.4 is 14.4 Å². The Morgan fingerprint density at radius 3 is 2.54 bits per heavy atom. The van der Waals surface area contributed by atoms with Crippen molar-refractivity contribution in [3.63, 3.8) is 0 Å². The molecule has 1 aliphatic carbocycles. The summed E-state index contributed by atoms with van der Waals surface area (Å²) in [6.45, 7) is 0.869. The highest BCUT2D eigenvalue weighted by Crippen LogP contribution is 2.22. The highest BCUT2D eigenvalue weighted by Gasteiger charge is 2.17. The van der Waals surface area contributed by atoms with Crippen molar-refractivity contribution in [2.24, 2.45) is 0 Å². The van der Waals surface area contributed by atoms with Crippen LogP contribution >= 0.6 is 0 Å². The van der Waals surface area contributed by atoms with Crippen LogP contribution in [0.25, 0.3) is 0 Å². The Morgan fingerprint density at radius 1 is 1.23 bits per heavy atom. The zero-order chi connectivity index (χ0) is 19.0. The average Bonchev–Trinajstić information content (AvgIpc) is 2.63. The van der Waals surface area contributed by atoms with Crippen LogP contribution in [-0.4, -0.2) is 40.8 Å². The molecule has 0 saturated heterocycles. The minimum atomic E-state index is -3.41. The van der Waals surface area contributed by atoms with Gasteiger partial charge in [0.05, 0.1) is 19.1 Å². The summed E-state index contributed by atoms with van der Waals surface area (Å²) in [4.78, 5) is 12.0. The summed E-state index contributed by atoms with van der Waals surface area (Å²) in [6.07, 6.45) is 8.71. The molecule has 7 heteroatoms. The number of carbonyl (C=O) groups excluding carboxylic acids is 1. The van der Waals surface area contributed by atoms with Gasteiger partial charge >= 0.3 is 0 Å². The van der Waals surface area contributed by atoms with Gasteiger partial charge in [0, 0.05) is 19.5 Å². The first kappa shape index (κ1) is 20.3. The number of benzene rings is 1. The molecule has 1 N–H and O–H groups in total. The number of rotatable bonds is 9. The first-order valence-corrected chi connectivity index (χ1v) is 10.8. The van der Waals surface area contributed by atoms with E-state index in [-0.39, 0.29) is 12.5 Å². The fourth-order valence-electron chi connectivity index (χ4n) is 2.98. The number of nitrogens with one attached hydrogen (secondary N) is 1. The fraction of sp³-hybridized carbons (Fsp3) is 0.526. The summed E-state index contributed by atoms with van der Waals surface area (Å²) in [5.41, 5.74) is 1.86. The number of amides is 1. The lowest BCUT2D eigenvalue weighted by atomic mass is 10.00. The van der Waals surface area contributed by atoms with Crippen LogP contribution in [0.3, 0.4) is 0 Å². The molecule has 1 aliphatic rings. The van der Waals surface area contributed by atoms with Crippen LogP contribution in [-0.2, 0) is 14.8 Å². The van der Waals surface area contributed by atoms with Gasteiger partial charge in [0.2, 0.25) is 15.9 Å². The third kappa shape index (κ3) is 6.37. The van der Waals surface area contributed by atoms with E-state index in [0.717, 1.165) is 12.8 Å². The lowest BCUT2D eigenvalue weighted by Crippen LogP contribution is -2.32. The van der Waals surface area contributed by atoms with Crippen molar-refractivity contribution >= 4 is 21.6 Å². The number of sulfonamides is 1. The van der Waals surface area contributed by atoms with Gasteiger partial charge in [-0.05, 0) is 56.4 Å². The van der Waals surface area contributed by atoms with Crippen molar-refractivity contribution in [3.8, 4) is 5.75 Å². The van der Waals surface area contributed by atoms with Gasteiger partial charge in [-0.15, -0.1) is 0 Å². The summed E-state index contributed by atoms with van der Waals surface area (Å²) < 4.78 is 30.6. The van der Waals surface area contributed by atoms with Gasteiger partial charge in [0.25, 0.3) is 0 Å². The highest BCUT2D eigenvalue weighted by molar-refractivity contribution is 7.92. The largest absolute Gasteiger partial charge is 0.497 e. The Hall–Kier alpha value is -2.02. The van der Waals surface area contributed by atoms with Crippen LogP contribution in [0, 0.1) is 0 Å². The van der Waals surface area contributed by atoms with E-state index in [1.54, 1.807) is 31.4 Å². The number of hydrogen-bond donors (Lipinski definition) is 1. The van der Waals surface area contributed by atoms with Crippen LogP contribution in [0.15, 0.2) is 35.9 Å². The summed E-state index contributed by atoms with van der Waals surface area (Å²) in [6, 6.07) is 6.85. The molecule has 0 radical (unpaired) electrons. The first-order chi connectivity index (χ1) is 12.4. The zero-order valence-electron chi connectivity index (χ0n) is 15.5. The van der Waals surface area contributed by atoms with Crippen LogP contribution in [0.5, 0.6) is 5.75 Å². The number of anilines is 1. The molecule has 0 unspecified atom stereocenters. The van der Waals surface area contributed by atoms with Crippen molar-refractivity contribution in [2.45, 2.75) is 38.5 Å². The molecule has 6 nitrogen and oxygen atoms in total. The molecule has 0 spiro atoms. The van der Waals surface area contributed by atoms with Crippen molar-refractivity contribution in [1.82, 2.24) is 5.32 Å². The third-order valence-corrected chi connectivity index (χ3v) is 5.62. The second kappa shape index (κ2) is 9.62. The van der Waals surface area contributed by atoms with Crippen molar-refractivity contribution < 1.29 is 17.9 Å². The smallest absolute Gasteiger partial charge is 0.232 e. The summed E-state index contributed by atoms with van der Waals surface area (Å²) in [5, 5.41) is 2.93. The average molecular weight is 381 g/mol. The van der Waals surface area contributed by atoms with E-state index >= 15 is 0 Å². The van der Waals surface area contributed by atoms with Crippen LogP contribution in [0.2, 0.25) is 0 Å². The van der Waals surface area contributed by atoms with Gasteiger partial charge in [0.15, 0.2) is 0 Å². The topological polar surface area (TPSA) is 75.7 Å². The third-order valence-electron chi connectivity index (χ3n) is 4.42. The number of hydrogen-bond acceptors (Lipinski definition) is 4. The molecule has 0 aliphatic heterocycles. The molecule has 0 fully saturated rings. The lowest BCUT2D eigenvalue weighted by molar-refractivity contribution is -0.120. The molecule has 144 valence electrons. The Kier molecular flexibility index (Phi) is 7.50. The standard InChI is InChI=1S/C19H28N2O4S/c1-25-18-12-10-17(11-13-18)21(26(2,23)24)14-6-9-19(22)20-15-16-7-4-3-5-8-16/h7,10-13H,3-6,8-9,14-15H2,1-2H3,(H,20,22). The maximum absolute atomic E-state index is 12.1. The molecule has 0 aromatic heterocycles. The van der Waals surface area contributed by atoms with E-state index in [0.29, 0.717) is 30.8 Å². The predicted molar refractivity (Wildman–Crippen MR) is 104 cm³/mol. The Balaban J connectivity index is 1.85. The highest BCUT2D eigenvalue weighted by atomic mass is 32.2. The van der Waals surface area contributed by atoms with E-state index in [2.05, 4.69) is 11.4 Å². The molecular formula is C19H28N2O4S. The molecule has 0 bridgehead atoms. The molecule has 1 aromatic rings. The monoisotopic (exact) mass is 380 g/mol. The first-order valence-electron chi connectivity index (χ1n) is 8.96. The maximum atomic E-state index is 12.1. The molecular weight excluding hydrogens is 352 g/mol. The number of ether oxygens (including phenoxy) is 1. The van der Waals surface area contributed by atoms with Gasteiger partial charge in [-0.25, -0.2) is 8.42 Å². The zero-order valence-corrected chi connectivity index (χ0v) is 16.3. The van der Waals surface area contributed by atoms with E-state index in [1.807, 2.05) is 0 Å². The van der Waals surface area contributed by atoms with E-state index in [9.17, 15) is 13.2 Å². The van der Waals surface area contributed by atoms with Gasteiger partial charge in [-0.3, -0.25) is 9.10 Å². The number of allylic oxidation sites excluding steroid dienone is 1. The number of carbonyl (C=O) groups is 1. The Labute approximate surface area is 156 Å². The van der Waals surface area contributed by atoms with E-state index in [1.165, 1.54) is 29.0 Å². The van der Waals surface area contributed by atoms with Gasteiger partial charge in [-0.1, -0.05) is 11.6 Å². The maximum Gasteiger partial charge on any atom is 0.232 e. The van der Waals surface area contributed by atoms with Crippen molar-refractivity contribution in [2.75, 3.05) is 30.8 Å². The molecule has 0 atom stereocenters. The Morgan fingerprint density at radius 2 is 1.96 bits per heavy atom. The van der Waals surface area contributed by atoms with Crippen molar-refractivity contribution in [1.29, 1.82) is 0 Å².